The van der Waals surface area contributed by atoms with E-state index in [0.29, 0.717) is 22.3 Å². The molecular weight excluding hydrogens is 470 g/mol. The fourth-order valence-corrected chi connectivity index (χ4v) is 5.28. The number of benzene rings is 1. The number of thioether (sulfide) groups is 1. The first kappa shape index (κ1) is 25.8. The Morgan fingerprint density at radius 1 is 1.12 bits per heavy atom. The predicted octanol–water partition coefficient (Wildman–Crippen LogP) is 5.09. The Kier molecular flexibility index (Phi) is 9.12. The largest absolute Gasteiger partial charge is 0.462 e. The first-order chi connectivity index (χ1) is 16.4. The Morgan fingerprint density at radius 2 is 1.82 bits per heavy atom. The molecule has 8 nitrogen and oxygen atoms in total. The number of rotatable bonds is 11. The smallest absolute Gasteiger partial charge is 0.341 e. The minimum Gasteiger partial charge on any atom is -0.462 e. The zero-order valence-electron chi connectivity index (χ0n) is 20.3. The summed E-state index contributed by atoms with van der Waals surface area (Å²) in [4.78, 5) is 28.0. The summed E-state index contributed by atoms with van der Waals surface area (Å²) < 4.78 is 7.09. The van der Waals surface area contributed by atoms with Gasteiger partial charge in [0.15, 0.2) is 11.0 Å². The van der Waals surface area contributed by atoms with Gasteiger partial charge in [0.25, 0.3) is 0 Å². The molecule has 34 heavy (non-hydrogen) atoms. The lowest BCUT2D eigenvalue weighted by Gasteiger charge is -2.21. The molecule has 0 bridgehead atoms. The van der Waals surface area contributed by atoms with Crippen molar-refractivity contribution in [3.05, 3.63) is 40.8 Å². The lowest BCUT2D eigenvalue weighted by atomic mass is 10.2. The van der Waals surface area contributed by atoms with Crippen LogP contribution in [0.25, 0.3) is 11.4 Å². The van der Waals surface area contributed by atoms with E-state index in [0.717, 1.165) is 29.4 Å². The highest BCUT2D eigenvalue weighted by Gasteiger charge is 2.19. The van der Waals surface area contributed by atoms with Gasteiger partial charge in [-0.1, -0.05) is 11.8 Å². The summed E-state index contributed by atoms with van der Waals surface area (Å²) >= 11 is 2.67. The van der Waals surface area contributed by atoms with Gasteiger partial charge in [0.1, 0.15) is 5.00 Å². The van der Waals surface area contributed by atoms with Gasteiger partial charge in [0.2, 0.25) is 5.91 Å². The van der Waals surface area contributed by atoms with Crippen molar-refractivity contribution < 1.29 is 14.3 Å². The van der Waals surface area contributed by atoms with Gasteiger partial charge in [-0.3, -0.25) is 4.79 Å². The van der Waals surface area contributed by atoms with Crippen LogP contribution in [0.5, 0.6) is 0 Å². The molecule has 2 heterocycles. The van der Waals surface area contributed by atoms with Gasteiger partial charge in [-0.25, -0.2) is 4.79 Å². The fourth-order valence-electron chi connectivity index (χ4n) is 3.56. The summed E-state index contributed by atoms with van der Waals surface area (Å²) in [7, 11) is 0. The fraction of sp³-hybridized carbons (Fsp3) is 0.417. The van der Waals surface area contributed by atoms with Crippen molar-refractivity contribution in [3.63, 3.8) is 0 Å². The predicted molar refractivity (Wildman–Crippen MR) is 139 cm³/mol. The third-order valence-electron chi connectivity index (χ3n) is 5.22. The van der Waals surface area contributed by atoms with Crippen LogP contribution in [0, 0.1) is 6.92 Å². The van der Waals surface area contributed by atoms with Gasteiger partial charge in [0.05, 0.1) is 17.9 Å². The van der Waals surface area contributed by atoms with Gasteiger partial charge < -0.3 is 19.5 Å². The first-order valence-electron chi connectivity index (χ1n) is 11.4. The molecule has 0 unspecified atom stereocenters. The van der Waals surface area contributed by atoms with Crippen LogP contribution in [0.3, 0.4) is 0 Å². The van der Waals surface area contributed by atoms with Crippen molar-refractivity contribution >= 4 is 45.7 Å². The number of thiophene rings is 1. The average molecular weight is 502 g/mol. The molecule has 10 heteroatoms. The van der Waals surface area contributed by atoms with Gasteiger partial charge in [-0.2, -0.15) is 0 Å². The van der Waals surface area contributed by atoms with Crippen LogP contribution in [0.15, 0.2) is 35.5 Å². The zero-order valence-corrected chi connectivity index (χ0v) is 21.9. The number of carbonyl (C=O) groups is 2. The molecule has 2 aromatic heterocycles. The third kappa shape index (κ3) is 5.98. The molecule has 0 aliphatic carbocycles. The van der Waals surface area contributed by atoms with E-state index < -0.39 is 5.97 Å². The van der Waals surface area contributed by atoms with E-state index >= 15 is 0 Å². The molecule has 0 spiro atoms. The van der Waals surface area contributed by atoms with Gasteiger partial charge in [-0.05, 0) is 65.0 Å². The molecule has 0 aliphatic rings. The van der Waals surface area contributed by atoms with Crippen LogP contribution in [-0.4, -0.2) is 52.1 Å². The van der Waals surface area contributed by atoms with Crippen molar-refractivity contribution in [2.75, 3.05) is 35.7 Å². The Morgan fingerprint density at radius 3 is 2.44 bits per heavy atom. The summed E-state index contributed by atoms with van der Waals surface area (Å²) in [5, 5.41) is 12.7. The molecule has 3 rings (SSSR count). The normalized spacial score (nSPS) is 10.9. The number of aryl methyl sites for hydroxylation is 1. The van der Waals surface area contributed by atoms with E-state index in [2.05, 4.69) is 58.5 Å². The number of nitrogens with zero attached hydrogens (tertiary/aromatic N) is 4. The van der Waals surface area contributed by atoms with E-state index in [4.69, 9.17) is 4.74 Å². The van der Waals surface area contributed by atoms with Crippen LogP contribution in [0.2, 0.25) is 0 Å². The van der Waals surface area contributed by atoms with E-state index in [-0.39, 0.29) is 18.3 Å². The van der Waals surface area contributed by atoms with Crippen LogP contribution < -0.4 is 10.2 Å². The van der Waals surface area contributed by atoms with E-state index in [9.17, 15) is 9.59 Å². The molecule has 0 aliphatic heterocycles. The SMILES string of the molecule is CCOC(=O)c1cc(C)sc1NC(=O)CSc1nnc(-c2ccc(N(CC)CC)cc2)n1CC. The molecule has 182 valence electrons. The summed E-state index contributed by atoms with van der Waals surface area (Å²) in [5.74, 6) is 0.276. The number of esters is 1. The number of anilines is 2. The van der Waals surface area contributed by atoms with Crippen molar-refractivity contribution in [1.29, 1.82) is 0 Å². The summed E-state index contributed by atoms with van der Waals surface area (Å²) in [5.41, 5.74) is 2.54. The highest BCUT2D eigenvalue weighted by molar-refractivity contribution is 7.99. The summed E-state index contributed by atoms with van der Waals surface area (Å²) in [6.07, 6.45) is 0. The van der Waals surface area contributed by atoms with Crippen LogP contribution in [0.4, 0.5) is 10.7 Å². The standard InChI is InChI=1S/C24H31N5O3S2/c1-6-28(7-2)18-12-10-17(11-13-18)21-26-27-24(29(21)8-3)33-15-20(30)25-22-19(14-16(5)34-22)23(31)32-9-4/h10-14H,6-9,15H2,1-5H3,(H,25,30). The number of ether oxygens (including phenoxy) is 1. The topological polar surface area (TPSA) is 89.3 Å². The quantitative estimate of drug-likeness (QED) is 0.289. The number of hydrogen-bond acceptors (Lipinski definition) is 8. The minimum absolute atomic E-state index is 0.151. The Labute approximate surface area is 208 Å². The second-order valence-corrected chi connectivity index (χ2v) is 9.63. The lowest BCUT2D eigenvalue weighted by Crippen LogP contribution is -2.21. The number of carbonyl (C=O) groups excluding carboxylic acids is 2. The second kappa shape index (κ2) is 12.0. The molecule has 0 saturated carbocycles. The number of aromatic nitrogens is 3. The molecule has 3 aromatic rings. The van der Waals surface area contributed by atoms with Crippen LogP contribution >= 0.6 is 23.1 Å². The first-order valence-corrected chi connectivity index (χ1v) is 13.2. The van der Waals surface area contributed by atoms with Crippen molar-refractivity contribution in [3.8, 4) is 11.4 Å². The number of hydrogen-bond donors (Lipinski definition) is 1. The molecule has 1 aromatic carbocycles. The molecule has 0 fully saturated rings. The van der Waals surface area contributed by atoms with Crippen LogP contribution in [-0.2, 0) is 16.1 Å². The van der Waals surface area contributed by atoms with Gasteiger partial charge in [0, 0.05) is 35.8 Å². The lowest BCUT2D eigenvalue weighted by molar-refractivity contribution is -0.113. The molecule has 0 atom stereocenters. The monoisotopic (exact) mass is 501 g/mol. The molecule has 1 N–H and O–H groups in total. The number of nitrogens with one attached hydrogen (secondary N) is 1. The van der Waals surface area contributed by atoms with Crippen molar-refractivity contribution in [2.45, 2.75) is 46.3 Å². The molecule has 0 saturated heterocycles. The third-order valence-corrected chi connectivity index (χ3v) is 7.16. The number of amides is 1. The second-order valence-electron chi connectivity index (χ2n) is 7.43. The average Bonchev–Trinajstić information content (AvgIpc) is 3.41. The minimum atomic E-state index is -0.433. The summed E-state index contributed by atoms with van der Waals surface area (Å²) in [6, 6.07) is 10.0. The van der Waals surface area contributed by atoms with Gasteiger partial charge in [-0.15, -0.1) is 21.5 Å². The summed E-state index contributed by atoms with van der Waals surface area (Å²) in [6.45, 7) is 12.8. The highest BCUT2D eigenvalue weighted by atomic mass is 32.2. The van der Waals surface area contributed by atoms with E-state index in [1.54, 1.807) is 13.0 Å². The van der Waals surface area contributed by atoms with Crippen molar-refractivity contribution in [2.24, 2.45) is 0 Å². The molecule has 1 amide bonds. The molecule has 0 radical (unpaired) electrons. The molecular formula is C24H31N5O3S2. The Hall–Kier alpha value is -2.85. The van der Waals surface area contributed by atoms with E-state index in [1.807, 2.05) is 18.4 Å². The highest BCUT2D eigenvalue weighted by Crippen LogP contribution is 2.29. The van der Waals surface area contributed by atoms with Gasteiger partial charge >= 0.3 is 5.97 Å². The van der Waals surface area contributed by atoms with Crippen molar-refractivity contribution in [1.82, 2.24) is 14.8 Å². The maximum Gasteiger partial charge on any atom is 0.341 e. The maximum absolute atomic E-state index is 12.6. The van der Waals surface area contributed by atoms with Crippen LogP contribution in [0.1, 0.15) is 42.9 Å². The van der Waals surface area contributed by atoms with E-state index in [1.165, 1.54) is 28.8 Å². The Balaban J connectivity index is 1.69. The maximum atomic E-state index is 12.6. The Bertz CT molecular complexity index is 1120. The zero-order chi connectivity index (χ0) is 24.7.